The summed E-state index contributed by atoms with van der Waals surface area (Å²) < 4.78 is 11.0. The van der Waals surface area contributed by atoms with Crippen molar-refractivity contribution in [3.05, 3.63) is 42.6 Å². The number of carbonyl (C=O) groups excluding carboxylic acids is 1. The number of rotatable bonds is 2. The first-order valence-electron chi connectivity index (χ1n) is 5.39. The van der Waals surface area contributed by atoms with Crippen molar-refractivity contribution in [1.29, 1.82) is 0 Å². The summed E-state index contributed by atoms with van der Waals surface area (Å²) in [4.78, 5) is 16.3. The molecule has 8 heteroatoms. The molecule has 0 fully saturated rings. The molecule has 0 amide bonds. The summed E-state index contributed by atoms with van der Waals surface area (Å²) in [6.07, 6.45) is 1.68. The van der Waals surface area contributed by atoms with Gasteiger partial charge in [0.25, 0.3) is 0 Å². The number of ether oxygens (including phenoxy) is 1. The number of esters is 1. The van der Waals surface area contributed by atoms with E-state index in [1.165, 1.54) is 0 Å². The summed E-state index contributed by atoms with van der Waals surface area (Å²) >= 11 is 5.48. The van der Waals surface area contributed by atoms with E-state index in [1.54, 1.807) is 11.6 Å². The molecule has 0 N–H and O–H groups in total. The van der Waals surface area contributed by atoms with E-state index in [9.17, 15) is 4.79 Å². The Kier molecular flexibility index (Phi) is 4.12. The Morgan fingerprint density at radius 3 is 2.90 bits per heavy atom. The van der Waals surface area contributed by atoms with E-state index in [4.69, 9.17) is 4.74 Å². The van der Waals surface area contributed by atoms with Gasteiger partial charge in [0.1, 0.15) is 5.52 Å². The maximum atomic E-state index is 12.0. The second-order valence-electron chi connectivity index (χ2n) is 3.75. The first-order valence-corrected chi connectivity index (χ1v) is 8.38. The molecule has 0 saturated heterocycles. The normalized spacial score (nSPS) is 10.7. The van der Waals surface area contributed by atoms with Crippen LogP contribution in [0.3, 0.4) is 0 Å². The Balaban J connectivity index is 2.10. The van der Waals surface area contributed by atoms with E-state index >= 15 is 0 Å². The predicted octanol–water partition coefficient (Wildman–Crippen LogP) is 3.51. The third-order valence-corrected chi connectivity index (χ3v) is 4.71. The predicted molar refractivity (Wildman–Crippen MR) is 92.0 cm³/mol. The molecule has 20 heavy (non-hydrogen) atoms. The molecule has 0 saturated carbocycles. The molecule has 2 aromatic heterocycles. The summed E-state index contributed by atoms with van der Waals surface area (Å²) in [5, 5.41) is 6.21. The van der Waals surface area contributed by atoms with Gasteiger partial charge in [-0.3, -0.25) is 4.98 Å². The minimum absolute atomic E-state index is 0.202. The van der Waals surface area contributed by atoms with Gasteiger partial charge in [0.2, 0.25) is 0 Å². The Bertz CT molecular complexity index is 793. The highest BCUT2D eigenvalue weighted by molar-refractivity contribution is 14.1. The third-order valence-electron chi connectivity index (χ3n) is 2.51. The molecule has 5 nitrogen and oxygen atoms in total. The maximum Gasteiger partial charge on any atom is 0.365 e. The standard InChI is InChI=1S/C12H5I2N3O2S/c13-7-4-8(14)11(10-6(7)2-1-3-15-10)19-12(18)9-5-20-17-16-9/h1-5H. The van der Waals surface area contributed by atoms with Gasteiger partial charge in [-0.15, -0.1) is 5.10 Å². The summed E-state index contributed by atoms with van der Waals surface area (Å²) in [5.41, 5.74) is 0.869. The lowest BCUT2D eigenvalue weighted by molar-refractivity contribution is 0.0729. The number of pyridine rings is 1. The number of hydrogen-bond acceptors (Lipinski definition) is 6. The second-order valence-corrected chi connectivity index (χ2v) is 6.68. The summed E-state index contributed by atoms with van der Waals surface area (Å²) in [6, 6.07) is 5.75. The van der Waals surface area contributed by atoms with Crippen molar-refractivity contribution >= 4 is 73.6 Å². The molecule has 0 unspecified atom stereocenters. The second kappa shape index (κ2) is 5.85. The fourth-order valence-electron chi connectivity index (χ4n) is 1.64. The highest BCUT2D eigenvalue weighted by Gasteiger charge is 2.18. The largest absolute Gasteiger partial charge is 0.418 e. The zero-order valence-electron chi connectivity index (χ0n) is 9.71. The van der Waals surface area contributed by atoms with Gasteiger partial charge in [-0.05, 0) is 68.8 Å². The van der Waals surface area contributed by atoms with Crippen molar-refractivity contribution < 1.29 is 9.53 Å². The molecule has 1 aromatic carbocycles. The molecule has 100 valence electrons. The molecule has 3 rings (SSSR count). The zero-order valence-corrected chi connectivity index (χ0v) is 14.8. The van der Waals surface area contributed by atoms with Crippen LogP contribution in [0.25, 0.3) is 10.9 Å². The number of hydrogen-bond donors (Lipinski definition) is 0. The first kappa shape index (κ1) is 14.1. The maximum absolute atomic E-state index is 12.0. The highest BCUT2D eigenvalue weighted by atomic mass is 127. The minimum atomic E-state index is -0.523. The fraction of sp³-hybridized carbons (Fsp3) is 0. The summed E-state index contributed by atoms with van der Waals surface area (Å²) in [6.45, 7) is 0. The van der Waals surface area contributed by atoms with Gasteiger partial charge < -0.3 is 4.74 Å². The van der Waals surface area contributed by atoms with Gasteiger partial charge in [-0.1, -0.05) is 10.6 Å². The van der Waals surface area contributed by atoms with Crippen LogP contribution >= 0.6 is 56.7 Å². The van der Waals surface area contributed by atoms with Crippen molar-refractivity contribution in [1.82, 2.24) is 14.6 Å². The molecule has 2 heterocycles. The smallest absolute Gasteiger partial charge is 0.365 e. The number of halogens is 2. The lowest BCUT2D eigenvalue weighted by Gasteiger charge is -2.09. The zero-order chi connectivity index (χ0) is 14.1. The Morgan fingerprint density at radius 2 is 2.15 bits per heavy atom. The monoisotopic (exact) mass is 509 g/mol. The topological polar surface area (TPSA) is 65.0 Å². The molecule has 0 spiro atoms. The quantitative estimate of drug-likeness (QED) is 0.301. The molecule has 3 aromatic rings. The van der Waals surface area contributed by atoms with Crippen molar-refractivity contribution in [3.8, 4) is 5.75 Å². The van der Waals surface area contributed by atoms with E-state index in [-0.39, 0.29) is 5.69 Å². The lowest BCUT2D eigenvalue weighted by atomic mass is 10.2. The number of benzene rings is 1. The third kappa shape index (κ3) is 2.63. The van der Waals surface area contributed by atoms with Crippen molar-refractivity contribution in [3.63, 3.8) is 0 Å². The SMILES string of the molecule is O=C(Oc1c(I)cc(I)c2cccnc12)c1csnn1. The van der Waals surface area contributed by atoms with E-state index < -0.39 is 5.97 Å². The average Bonchev–Trinajstić information content (AvgIpc) is 2.97. The van der Waals surface area contributed by atoms with Gasteiger partial charge in [-0.25, -0.2) is 4.79 Å². The number of carbonyl (C=O) groups is 1. The number of fused-ring (bicyclic) bond motifs is 1. The number of aromatic nitrogens is 3. The van der Waals surface area contributed by atoms with Gasteiger partial charge in [0.05, 0.1) is 3.57 Å². The lowest BCUT2D eigenvalue weighted by Crippen LogP contribution is -2.10. The van der Waals surface area contributed by atoms with Gasteiger partial charge in [-0.2, -0.15) is 0 Å². The summed E-state index contributed by atoms with van der Waals surface area (Å²) in [7, 11) is 0. The first-order chi connectivity index (χ1) is 9.66. The van der Waals surface area contributed by atoms with Crippen LogP contribution in [0.2, 0.25) is 0 Å². The van der Waals surface area contributed by atoms with Gasteiger partial charge in [0, 0.05) is 20.5 Å². The number of nitrogens with zero attached hydrogens (tertiary/aromatic N) is 3. The molecular formula is C12H5I2N3O2S. The molecule has 0 atom stereocenters. The minimum Gasteiger partial charge on any atom is -0.418 e. The summed E-state index contributed by atoms with van der Waals surface area (Å²) in [5.74, 6) is -0.0653. The molecule has 0 radical (unpaired) electrons. The van der Waals surface area contributed by atoms with E-state index in [1.807, 2.05) is 18.2 Å². The highest BCUT2D eigenvalue weighted by Crippen LogP contribution is 2.33. The van der Waals surface area contributed by atoms with Crippen LogP contribution in [0.4, 0.5) is 0 Å². The average molecular weight is 509 g/mol. The van der Waals surface area contributed by atoms with Crippen LogP contribution in [0.1, 0.15) is 10.5 Å². The van der Waals surface area contributed by atoms with Crippen LogP contribution in [0, 0.1) is 7.14 Å². The molecule has 0 aliphatic rings. The molecule has 0 aliphatic carbocycles. The van der Waals surface area contributed by atoms with Gasteiger partial charge >= 0.3 is 5.97 Å². The Labute approximate surface area is 145 Å². The van der Waals surface area contributed by atoms with Crippen molar-refractivity contribution in [2.75, 3.05) is 0 Å². The van der Waals surface area contributed by atoms with Crippen LogP contribution in [-0.2, 0) is 0 Å². The molecule has 0 aliphatic heterocycles. The van der Waals surface area contributed by atoms with Crippen molar-refractivity contribution in [2.45, 2.75) is 0 Å². The Morgan fingerprint density at radius 1 is 1.30 bits per heavy atom. The van der Waals surface area contributed by atoms with Crippen LogP contribution in [-0.4, -0.2) is 20.5 Å². The van der Waals surface area contributed by atoms with Crippen LogP contribution in [0.5, 0.6) is 5.75 Å². The molecular weight excluding hydrogens is 504 g/mol. The van der Waals surface area contributed by atoms with Gasteiger partial charge in [0.15, 0.2) is 11.4 Å². The van der Waals surface area contributed by atoms with Crippen molar-refractivity contribution in [2.24, 2.45) is 0 Å². The Hall–Kier alpha value is -0.880. The van der Waals surface area contributed by atoms with Crippen LogP contribution < -0.4 is 4.74 Å². The fourth-order valence-corrected chi connectivity index (χ4v) is 4.09. The van der Waals surface area contributed by atoms with Crippen LogP contribution in [0.15, 0.2) is 29.8 Å². The van der Waals surface area contributed by atoms with E-state index in [0.717, 1.165) is 24.1 Å². The van der Waals surface area contributed by atoms with E-state index in [0.29, 0.717) is 11.3 Å². The molecule has 0 bridgehead atoms. The van der Waals surface area contributed by atoms with E-state index in [2.05, 4.69) is 59.8 Å².